The van der Waals surface area contributed by atoms with Crippen LogP contribution < -0.4 is 4.90 Å². The molecule has 0 amide bonds. The number of anilines is 1. The topological polar surface area (TPSA) is 6.48 Å². The summed E-state index contributed by atoms with van der Waals surface area (Å²) >= 11 is 4.42. The van der Waals surface area contributed by atoms with E-state index in [1.165, 1.54) is 16.8 Å². The second kappa shape index (κ2) is 5.68. The van der Waals surface area contributed by atoms with Gasteiger partial charge in [-0.2, -0.15) is 0 Å². The number of nitrogens with zero attached hydrogens (tertiary/aromatic N) is 2. The zero-order chi connectivity index (χ0) is 13.1. The molecule has 19 heavy (non-hydrogen) atoms. The largest absolute Gasteiger partial charge is 0.368 e. The van der Waals surface area contributed by atoms with Gasteiger partial charge in [-0.15, -0.1) is 0 Å². The fraction of sp³-hybridized carbons (Fsp3) is 0.250. The molecule has 0 saturated carbocycles. The summed E-state index contributed by atoms with van der Waals surface area (Å²) in [5, 5.41) is 0. The van der Waals surface area contributed by atoms with Gasteiger partial charge < -0.3 is 4.90 Å². The van der Waals surface area contributed by atoms with E-state index in [1.807, 2.05) is 0 Å². The van der Waals surface area contributed by atoms with Crippen molar-refractivity contribution in [3.63, 3.8) is 0 Å². The quantitative estimate of drug-likeness (QED) is 0.836. The number of hydrogen-bond acceptors (Lipinski definition) is 3. The maximum atomic E-state index is 4.42. The second-order valence-corrected chi connectivity index (χ2v) is 5.39. The molecule has 1 aliphatic rings. The minimum atomic E-state index is 1.01. The highest BCUT2D eigenvalue weighted by molar-refractivity contribution is 7.77. The summed E-state index contributed by atoms with van der Waals surface area (Å²) in [5.41, 5.74) is 3.93. The lowest BCUT2D eigenvalue weighted by Crippen LogP contribution is -2.42. The molecule has 3 rings (SSSR count). The first-order valence-electron chi connectivity index (χ1n) is 6.68. The summed E-state index contributed by atoms with van der Waals surface area (Å²) in [6.45, 7) is 4.08. The zero-order valence-corrected chi connectivity index (χ0v) is 11.8. The lowest BCUT2D eigenvalue weighted by molar-refractivity contribution is 0.435. The average Bonchev–Trinajstić information content (AvgIpc) is 2.49. The molecule has 0 unspecified atom stereocenters. The van der Waals surface area contributed by atoms with E-state index in [0.717, 1.165) is 26.2 Å². The molecule has 2 aromatic rings. The molecule has 0 aromatic heterocycles. The van der Waals surface area contributed by atoms with Crippen molar-refractivity contribution in [2.75, 3.05) is 31.1 Å². The first-order valence-corrected chi connectivity index (χ1v) is 7.08. The Labute approximate surface area is 120 Å². The van der Waals surface area contributed by atoms with Crippen LogP contribution in [0.2, 0.25) is 0 Å². The Morgan fingerprint density at radius 3 is 2.11 bits per heavy atom. The Kier molecular flexibility index (Phi) is 3.76. The van der Waals surface area contributed by atoms with E-state index in [9.17, 15) is 0 Å². The van der Waals surface area contributed by atoms with Gasteiger partial charge in [0.1, 0.15) is 0 Å². The molecule has 1 saturated heterocycles. The van der Waals surface area contributed by atoms with Crippen LogP contribution in [-0.2, 0) is 0 Å². The Hall–Kier alpha value is -1.45. The van der Waals surface area contributed by atoms with Gasteiger partial charge >= 0.3 is 0 Å². The molecule has 2 aromatic carbocycles. The number of thiol groups is 1. The van der Waals surface area contributed by atoms with Crippen LogP contribution >= 0.6 is 12.8 Å². The third-order valence-electron chi connectivity index (χ3n) is 3.59. The molecule has 0 aliphatic carbocycles. The van der Waals surface area contributed by atoms with Crippen LogP contribution in [0.15, 0.2) is 54.6 Å². The Balaban J connectivity index is 1.94. The van der Waals surface area contributed by atoms with Crippen molar-refractivity contribution in [1.29, 1.82) is 0 Å². The van der Waals surface area contributed by atoms with Crippen LogP contribution in [0.25, 0.3) is 11.1 Å². The molecular formula is C16H18N2S. The normalized spacial score (nSPS) is 16.6. The summed E-state index contributed by atoms with van der Waals surface area (Å²) < 4.78 is 2.08. The lowest BCUT2D eigenvalue weighted by Gasteiger charge is -2.34. The number of benzene rings is 2. The Morgan fingerprint density at radius 1 is 0.737 bits per heavy atom. The fourth-order valence-corrected chi connectivity index (χ4v) is 2.73. The summed E-state index contributed by atoms with van der Waals surface area (Å²) in [6, 6.07) is 19.3. The fourth-order valence-electron chi connectivity index (χ4n) is 2.55. The average molecular weight is 270 g/mol. The third kappa shape index (κ3) is 2.77. The summed E-state index contributed by atoms with van der Waals surface area (Å²) in [5.74, 6) is 0. The van der Waals surface area contributed by atoms with Crippen molar-refractivity contribution >= 4 is 18.5 Å². The van der Waals surface area contributed by atoms with E-state index in [2.05, 4.69) is 76.6 Å². The summed E-state index contributed by atoms with van der Waals surface area (Å²) in [7, 11) is 0. The molecule has 0 atom stereocenters. The Morgan fingerprint density at radius 2 is 1.37 bits per heavy atom. The van der Waals surface area contributed by atoms with Crippen molar-refractivity contribution < 1.29 is 0 Å². The summed E-state index contributed by atoms with van der Waals surface area (Å²) in [4.78, 5) is 2.45. The Bertz CT molecular complexity index is 533. The van der Waals surface area contributed by atoms with Gasteiger partial charge in [0, 0.05) is 37.4 Å². The first-order chi connectivity index (χ1) is 9.34. The zero-order valence-electron chi connectivity index (χ0n) is 10.9. The maximum absolute atomic E-state index is 4.42. The lowest BCUT2D eigenvalue weighted by atomic mass is 10.0. The van der Waals surface area contributed by atoms with Crippen LogP contribution in [0.5, 0.6) is 0 Å². The van der Waals surface area contributed by atoms with Crippen LogP contribution in [-0.4, -0.2) is 30.5 Å². The van der Waals surface area contributed by atoms with Gasteiger partial charge in [-0.3, -0.25) is 0 Å². The maximum Gasteiger partial charge on any atom is 0.0446 e. The van der Waals surface area contributed by atoms with Crippen LogP contribution in [0, 0.1) is 0 Å². The van der Waals surface area contributed by atoms with Crippen LogP contribution in [0.3, 0.4) is 0 Å². The molecule has 0 spiro atoms. The smallest absolute Gasteiger partial charge is 0.0446 e. The molecule has 1 heterocycles. The van der Waals surface area contributed by atoms with Crippen molar-refractivity contribution in [2.24, 2.45) is 0 Å². The molecule has 0 radical (unpaired) electrons. The van der Waals surface area contributed by atoms with E-state index in [4.69, 9.17) is 0 Å². The summed E-state index contributed by atoms with van der Waals surface area (Å²) in [6.07, 6.45) is 0. The highest BCUT2D eigenvalue weighted by Crippen LogP contribution is 2.31. The molecule has 0 bridgehead atoms. The van der Waals surface area contributed by atoms with Crippen molar-refractivity contribution in [2.45, 2.75) is 0 Å². The van der Waals surface area contributed by atoms with E-state index < -0.39 is 0 Å². The van der Waals surface area contributed by atoms with Crippen LogP contribution in [0.4, 0.5) is 5.69 Å². The monoisotopic (exact) mass is 270 g/mol. The highest BCUT2D eigenvalue weighted by Gasteiger charge is 2.17. The second-order valence-electron chi connectivity index (χ2n) is 4.82. The molecule has 3 heteroatoms. The predicted molar refractivity (Wildman–Crippen MR) is 84.7 cm³/mol. The van der Waals surface area contributed by atoms with E-state index in [0.29, 0.717) is 0 Å². The van der Waals surface area contributed by atoms with Crippen molar-refractivity contribution in [1.82, 2.24) is 4.31 Å². The highest BCUT2D eigenvalue weighted by atomic mass is 32.1. The number of rotatable bonds is 2. The van der Waals surface area contributed by atoms with Crippen LogP contribution in [0.1, 0.15) is 0 Å². The van der Waals surface area contributed by atoms with Crippen molar-refractivity contribution in [3.05, 3.63) is 54.6 Å². The van der Waals surface area contributed by atoms with E-state index >= 15 is 0 Å². The predicted octanol–water partition coefficient (Wildman–Crippen LogP) is 3.32. The van der Waals surface area contributed by atoms with Gasteiger partial charge in [0.15, 0.2) is 0 Å². The molecular weight excluding hydrogens is 252 g/mol. The van der Waals surface area contributed by atoms with Gasteiger partial charge in [-0.05, 0) is 11.6 Å². The molecule has 98 valence electrons. The van der Waals surface area contributed by atoms with Crippen molar-refractivity contribution in [3.8, 4) is 11.1 Å². The third-order valence-corrected chi connectivity index (χ3v) is 3.99. The molecule has 1 aliphatic heterocycles. The van der Waals surface area contributed by atoms with Gasteiger partial charge in [0.2, 0.25) is 0 Å². The van der Waals surface area contributed by atoms with Gasteiger partial charge in [0.25, 0.3) is 0 Å². The van der Waals surface area contributed by atoms with Gasteiger partial charge in [-0.1, -0.05) is 61.3 Å². The van der Waals surface area contributed by atoms with Gasteiger partial charge in [-0.25, -0.2) is 4.31 Å². The molecule has 2 nitrogen and oxygen atoms in total. The SMILES string of the molecule is SN1CCN(c2ccccc2-c2ccccc2)CC1. The van der Waals surface area contributed by atoms with Gasteiger partial charge in [0.05, 0.1) is 0 Å². The molecule has 0 N–H and O–H groups in total. The number of piperazine rings is 1. The minimum Gasteiger partial charge on any atom is -0.368 e. The number of para-hydroxylation sites is 1. The number of hydrogen-bond donors (Lipinski definition) is 1. The first kappa shape index (κ1) is 12.6. The van der Waals surface area contributed by atoms with E-state index in [-0.39, 0.29) is 0 Å². The molecule has 1 fully saturated rings. The van der Waals surface area contributed by atoms with E-state index in [1.54, 1.807) is 0 Å². The minimum absolute atomic E-state index is 1.01. The standard InChI is InChI=1S/C16H18N2S/c19-18-12-10-17(11-13-18)16-9-5-4-8-15(16)14-6-2-1-3-7-14/h1-9,19H,10-13H2.